The van der Waals surface area contributed by atoms with E-state index in [0.29, 0.717) is 37.6 Å². The van der Waals surface area contributed by atoms with E-state index in [0.717, 1.165) is 49.2 Å². The molecule has 0 spiro atoms. The largest absolute Gasteiger partial charge is 0.481 e. The molecule has 3 N–H and O–H groups in total. The van der Waals surface area contributed by atoms with Crippen molar-refractivity contribution in [3.05, 3.63) is 35.5 Å². The van der Waals surface area contributed by atoms with E-state index in [-0.39, 0.29) is 51.1 Å². The molecule has 1 aliphatic heterocycles. The zero-order chi connectivity index (χ0) is 36.9. The molecular weight excluding hydrogens is 657 g/mol. The van der Waals surface area contributed by atoms with Crippen LogP contribution in [0.4, 0.5) is 0 Å². The monoisotopic (exact) mass is 720 g/mol. The summed E-state index contributed by atoms with van der Waals surface area (Å²) >= 11 is 1.69. The smallest absolute Gasteiger partial charge is 0.307 e. The van der Waals surface area contributed by atoms with Crippen LogP contribution in [-0.4, -0.2) is 57.3 Å². The number of ether oxygens (including phenoxy) is 2. The van der Waals surface area contributed by atoms with Gasteiger partial charge in [-0.1, -0.05) is 80.0 Å². The van der Waals surface area contributed by atoms with Gasteiger partial charge in [-0.25, -0.2) is 9.67 Å². The van der Waals surface area contributed by atoms with E-state index in [2.05, 4.69) is 97.5 Å². The Morgan fingerprint density at radius 3 is 2.53 bits per heavy atom. The van der Waals surface area contributed by atoms with Gasteiger partial charge < -0.3 is 20.3 Å². The summed E-state index contributed by atoms with van der Waals surface area (Å²) in [4.78, 5) is 19.5. The zero-order valence-electron chi connectivity index (χ0n) is 32.9. The maximum absolute atomic E-state index is 13.6. The lowest BCUT2D eigenvalue weighted by atomic mass is 9.34. The number of carbonyl (C=O) groups is 1. The highest BCUT2D eigenvalue weighted by Gasteiger charge is 2.72. The number of aromatic nitrogens is 3. The lowest BCUT2D eigenvalue weighted by Crippen LogP contribution is -2.70. The Bertz CT molecular complexity index is 1650. The third-order valence-corrected chi connectivity index (χ3v) is 17.4. The van der Waals surface area contributed by atoms with E-state index in [1.54, 1.807) is 17.7 Å². The van der Waals surface area contributed by atoms with Crippen LogP contribution < -0.4 is 5.73 Å². The summed E-state index contributed by atoms with van der Waals surface area (Å²) in [5.74, 6) is 1.40. The quantitative estimate of drug-likeness (QED) is 0.249. The van der Waals surface area contributed by atoms with Crippen molar-refractivity contribution in [1.29, 1.82) is 0 Å². The van der Waals surface area contributed by atoms with E-state index in [9.17, 15) is 9.90 Å². The molecule has 7 rings (SSSR count). The first kappa shape index (κ1) is 37.3. The fourth-order valence-electron chi connectivity index (χ4n) is 12.6. The van der Waals surface area contributed by atoms with Crippen molar-refractivity contribution in [3.8, 4) is 10.7 Å². The van der Waals surface area contributed by atoms with E-state index >= 15 is 0 Å². The van der Waals surface area contributed by atoms with Crippen LogP contribution in [0.15, 0.2) is 35.5 Å². The molecule has 12 atom stereocenters. The average Bonchev–Trinajstić information content (AvgIpc) is 3.76. The highest BCUT2D eigenvalue weighted by Crippen LogP contribution is 2.75. The van der Waals surface area contributed by atoms with Crippen molar-refractivity contribution in [1.82, 2.24) is 14.8 Å². The van der Waals surface area contributed by atoms with Crippen molar-refractivity contribution in [2.75, 3.05) is 19.8 Å². The fourth-order valence-corrected chi connectivity index (χ4v) is 13.3. The summed E-state index contributed by atoms with van der Waals surface area (Å²) in [5.41, 5.74) is 6.61. The molecule has 8 nitrogen and oxygen atoms in total. The third-order valence-electron chi connectivity index (χ3n) is 16.5. The Morgan fingerprint density at radius 1 is 1.14 bits per heavy atom. The van der Waals surface area contributed by atoms with Gasteiger partial charge in [0.15, 0.2) is 5.82 Å². The predicted molar refractivity (Wildman–Crippen MR) is 203 cm³/mol. The number of rotatable bonds is 9. The van der Waals surface area contributed by atoms with E-state index in [1.165, 1.54) is 5.57 Å². The van der Waals surface area contributed by atoms with Crippen LogP contribution in [-0.2, 0) is 14.3 Å². The van der Waals surface area contributed by atoms with E-state index in [1.807, 2.05) is 0 Å². The van der Waals surface area contributed by atoms with Crippen LogP contribution >= 0.6 is 11.3 Å². The number of allylic oxidation sites excluding steroid dienone is 1. The lowest BCUT2D eigenvalue weighted by molar-refractivity contribution is -0.254. The number of fused-ring (bicyclic) bond motifs is 3. The van der Waals surface area contributed by atoms with Crippen molar-refractivity contribution in [2.45, 2.75) is 125 Å². The molecule has 0 aromatic carbocycles. The van der Waals surface area contributed by atoms with Gasteiger partial charge in [-0.3, -0.25) is 4.79 Å². The summed E-state index contributed by atoms with van der Waals surface area (Å²) < 4.78 is 16.3. The first-order chi connectivity index (χ1) is 23.9. The van der Waals surface area contributed by atoms with Gasteiger partial charge in [0.1, 0.15) is 6.33 Å². The third kappa shape index (κ3) is 5.24. The first-order valence-corrected chi connectivity index (χ1v) is 20.6. The number of carboxylic acids is 1. The summed E-state index contributed by atoms with van der Waals surface area (Å²) in [6.45, 7) is 24.5. The van der Waals surface area contributed by atoms with E-state index < -0.39 is 17.4 Å². The number of nitrogens with two attached hydrogens (primary N) is 1. The van der Waals surface area contributed by atoms with Gasteiger partial charge in [0, 0.05) is 11.0 Å². The molecule has 2 aromatic rings. The number of aliphatic carboxylic acids is 1. The van der Waals surface area contributed by atoms with Gasteiger partial charge >= 0.3 is 5.97 Å². The first-order valence-electron chi connectivity index (χ1n) is 19.7. The summed E-state index contributed by atoms with van der Waals surface area (Å²) in [5, 5.41) is 18.2. The maximum atomic E-state index is 13.6. The van der Waals surface area contributed by atoms with Gasteiger partial charge in [-0.05, 0) is 108 Å². The molecule has 4 fully saturated rings. The molecule has 2 aromatic heterocycles. The molecule has 3 saturated carbocycles. The van der Waals surface area contributed by atoms with Crippen molar-refractivity contribution >= 4 is 17.3 Å². The van der Waals surface area contributed by atoms with Gasteiger partial charge in [0.2, 0.25) is 0 Å². The number of thiophene rings is 1. The molecule has 9 heteroatoms. The standard InChI is InChI=1S/C42H64N4O4S/c1-25(2)27(5)38(7)17-18-39(8)28-13-14-32-37(6)20-30(46-35(44-24-45-46)31-12-11-19-51-31)34(50-22-41(10,43)26(3)4)42(32,23-49-21-37)29(28)15-16-40(39,9)33(38)36(47)48/h11-12,15,19,24-28,30,32-34H,13-14,16-18,20-23,43H2,1-10H3,(H,47,48)/t27-,28+,30-,32-,33-,34+,37-,38-,39-,40+,41+,42+/m1/s1. The summed E-state index contributed by atoms with van der Waals surface area (Å²) in [6, 6.07) is 4.14. The van der Waals surface area contributed by atoms with Gasteiger partial charge in [-0.2, -0.15) is 5.10 Å². The molecule has 282 valence electrons. The van der Waals surface area contributed by atoms with Crippen LogP contribution in [0.1, 0.15) is 114 Å². The van der Waals surface area contributed by atoms with Gasteiger partial charge in [0.05, 0.1) is 42.8 Å². The van der Waals surface area contributed by atoms with Crippen molar-refractivity contribution in [3.63, 3.8) is 0 Å². The zero-order valence-corrected chi connectivity index (χ0v) is 33.7. The molecule has 0 amide bonds. The number of nitrogens with zero attached hydrogens (tertiary/aromatic N) is 3. The second kappa shape index (κ2) is 12.5. The molecule has 5 aliphatic rings. The lowest BCUT2D eigenvalue weighted by Gasteiger charge is -2.71. The molecule has 3 heterocycles. The van der Waals surface area contributed by atoms with Gasteiger partial charge in [0.25, 0.3) is 0 Å². The number of carboxylic acid groups (broad SMARTS) is 1. The molecule has 4 aliphatic carbocycles. The van der Waals surface area contributed by atoms with Gasteiger partial charge in [-0.15, -0.1) is 11.3 Å². The van der Waals surface area contributed by atoms with Crippen molar-refractivity contribution in [2.24, 2.45) is 68.3 Å². The van der Waals surface area contributed by atoms with Crippen molar-refractivity contribution < 1.29 is 19.4 Å². The molecular formula is C42H64N4O4S. The Balaban J connectivity index is 1.40. The van der Waals surface area contributed by atoms with Crippen LogP contribution in [0.3, 0.4) is 0 Å². The second-order valence-corrected chi connectivity index (χ2v) is 20.5. The number of hydrogen-bond acceptors (Lipinski definition) is 7. The molecule has 2 bridgehead atoms. The van der Waals surface area contributed by atoms with E-state index in [4.69, 9.17) is 25.3 Å². The summed E-state index contributed by atoms with van der Waals surface area (Å²) in [6.07, 6.45) is 9.72. The summed E-state index contributed by atoms with van der Waals surface area (Å²) in [7, 11) is 0. The SMILES string of the molecule is CC(C)[C@@H](C)[C@@]1(C)CC[C@]2(C)[C@H]3CC[C@@H]4[C@@]5(C)COC[C@@]4(C3=CC[C@@]2(C)[C@@H]1C(=O)O)[C@@H](OC[C@](C)(N)C(C)C)[C@H](n1ncnc1-c1cccs1)C5. The molecule has 51 heavy (non-hydrogen) atoms. The molecule has 1 saturated heterocycles. The second-order valence-electron chi connectivity index (χ2n) is 19.5. The Hall–Kier alpha value is -2.07. The van der Waals surface area contributed by atoms with Crippen LogP contribution in [0.25, 0.3) is 10.7 Å². The Kier molecular flexibility index (Phi) is 9.12. The number of hydrogen-bond donors (Lipinski definition) is 2. The normalized spacial score (nSPS) is 42.4. The topological polar surface area (TPSA) is 112 Å². The Labute approximate surface area is 310 Å². The highest BCUT2D eigenvalue weighted by molar-refractivity contribution is 7.13. The van der Waals surface area contributed by atoms with Crippen LogP contribution in [0.2, 0.25) is 0 Å². The molecule has 0 unspecified atom stereocenters. The Morgan fingerprint density at radius 2 is 1.88 bits per heavy atom. The minimum absolute atomic E-state index is 0.0632. The minimum atomic E-state index is -0.627. The highest BCUT2D eigenvalue weighted by atomic mass is 32.1. The minimum Gasteiger partial charge on any atom is -0.481 e. The average molecular weight is 721 g/mol. The predicted octanol–water partition coefficient (Wildman–Crippen LogP) is 8.89. The maximum Gasteiger partial charge on any atom is 0.307 e. The fraction of sp³-hybridized carbons (Fsp3) is 0.786. The van der Waals surface area contributed by atoms with Crippen LogP contribution in [0, 0.1) is 62.6 Å². The molecule has 0 radical (unpaired) electrons. The van der Waals surface area contributed by atoms with Crippen LogP contribution in [0.5, 0.6) is 0 Å².